The van der Waals surface area contributed by atoms with E-state index in [1.54, 1.807) is 0 Å². The molecular weight excluding hydrogens is 348 g/mol. The Bertz CT molecular complexity index is 690. The van der Waals surface area contributed by atoms with Crippen LogP contribution >= 0.6 is 0 Å². The Morgan fingerprint density at radius 3 is 2.24 bits per heavy atom. The van der Waals surface area contributed by atoms with Crippen LogP contribution < -0.4 is 0 Å². The van der Waals surface area contributed by atoms with Gasteiger partial charge in [-0.15, -0.1) is 0 Å². The van der Waals surface area contributed by atoms with Gasteiger partial charge >= 0.3 is 0 Å². The third-order valence-corrected chi connectivity index (χ3v) is 12.9. The third-order valence-electron chi connectivity index (χ3n) is 12.9. The molecule has 0 heteroatoms. The van der Waals surface area contributed by atoms with E-state index in [0.29, 0.717) is 21.7 Å². The van der Waals surface area contributed by atoms with Gasteiger partial charge < -0.3 is 0 Å². The van der Waals surface area contributed by atoms with E-state index >= 15 is 0 Å². The highest BCUT2D eigenvalue weighted by molar-refractivity contribution is 5.20. The topological polar surface area (TPSA) is 0 Å². The number of hydrogen-bond donors (Lipinski definition) is 0. The van der Waals surface area contributed by atoms with Gasteiger partial charge in [0.2, 0.25) is 0 Å². The highest BCUT2D eigenvalue weighted by Gasteiger charge is 2.68. The van der Waals surface area contributed by atoms with Crippen molar-refractivity contribution in [3.8, 4) is 0 Å². The summed E-state index contributed by atoms with van der Waals surface area (Å²) in [6, 6.07) is 0. The molecule has 0 N–H and O–H groups in total. The maximum absolute atomic E-state index is 4.49. The smallest absolute Gasteiger partial charge is 0.0172 e. The summed E-state index contributed by atoms with van der Waals surface area (Å²) in [6.45, 7) is 20.4. The van der Waals surface area contributed by atoms with Crippen LogP contribution in [0.25, 0.3) is 0 Å². The highest BCUT2D eigenvalue weighted by Crippen LogP contribution is 2.76. The minimum atomic E-state index is 0.548. The summed E-state index contributed by atoms with van der Waals surface area (Å²) in [6.07, 6.45) is 16.4. The zero-order valence-corrected chi connectivity index (χ0v) is 20.4. The van der Waals surface area contributed by atoms with Crippen LogP contribution in [0.15, 0.2) is 12.2 Å². The standard InChI is InChI=1S/C29H48/c1-19(2)21-12-15-26(4)17-18-28(6)23(25(21)26)10-11-24-27(5)14-8-9-20(3)22(27)13-16-29(24,28)7/h20-25H,1,8-18H2,2-7H3. The van der Waals surface area contributed by atoms with E-state index in [-0.39, 0.29) is 0 Å². The molecule has 0 aromatic heterocycles. The molecule has 0 aliphatic heterocycles. The number of fused-ring (bicyclic) bond motifs is 7. The highest BCUT2D eigenvalue weighted by atomic mass is 14.7. The Balaban J connectivity index is 1.54. The van der Waals surface area contributed by atoms with E-state index in [2.05, 4.69) is 48.1 Å². The van der Waals surface area contributed by atoms with Crippen LogP contribution in [-0.4, -0.2) is 0 Å². The summed E-state index contributed by atoms with van der Waals surface area (Å²) in [7, 11) is 0. The van der Waals surface area contributed by atoms with Gasteiger partial charge in [-0.3, -0.25) is 0 Å². The molecule has 0 saturated heterocycles. The first-order valence-corrected chi connectivity index (χ1v) is 13.2. The normalized spacial score (nSPS) is 59.2. The van der Waals surface area contributed by atoms with Gasteiger partial charge in [-0.05, 0) is 122 Å². The van der Waals surface area contributed by atoms with Gasteiger partial charge in [-0.2, -0.15) is 0 Å². The molecule has 0 aromatic rings. The van der Waals surface area contributed by atoms with Gasteiger partial charge in [0.1, 0.15) is 0 Å². The molecule has 10 unspecified atom stereocenters. The van der Waals surface area contributed by atoms with Crippen molar-refractivity contribution in [1.29, 1.82) is 0 Å². The van der Waals surface area contributed by atoms with Crippen LogP contribution in [0.1, 0.15) is 112 Å². The molecule has 10 atom stereocenters. The molecule has 0 radical (unpaired) electrons. The molecule has 5 rings (SSSR count). The summed E-state index contributed by atoms with van der Waals surface area (Å²) in [5, 5.41) is 0. The van der Waals surface area contributed by atoms with Crippen LogP contribution in [-0.2, 0) is 0 Å². The molecule has 0 nitrogen and oxygen atoms in total. The second-order valence-electron chi connectivity index (χ2n) is 13.8. The first-order chi connectivity index (χ1) is 13.6. The number of rotatable bonds is 1. The summed E-state index contributed by atoms with van der Waals surface area (Å²) in [5.41, 5.74) is 3.81. The van der Waals surface area contributed by atoms with E-state index in [1.807, 2.05) is 0 Å². The van der Waals surface area contributed by atoms with Crippen molar-refractivity contribution in [2.45, 2.75) is 112 Å². The fourth-order valence-electron chi connectivity index (χ4n) is 11.2. The molecule has 0 amide bonds. The average Bonchev–Trinajstić information content (AvgIpc) is 3.00. The van der Waals surface area contributed by atoms with Gasteiger partial charge in [-0.25, -0.2) is 0 Å². The van der Waals surface area contributed by atoms with Crippen LogP contribution in [0.5, 0.6) is 0 Å². The number of allylic oxidation sites excluding steroid dienone is 1. The molecule has 5 aliphatic carbocycles. The van der Waals surface area contributed by atoms with E-state index in [9.17, 15) is 0 Å². The Kier molecular flexibility index (Phi) is 4.54. The van der Waals surface area contributed by atoms with Gasteiger partial charge in [0.25, 0.3) is 0 Å². The van der Waals surface area contributed by atoms with E-state index < -0.39 is 0 Å². The minimum absolute atomic E-state index is 0.548. The van der Waals surface area contributed by atoms with Crippen molar-refractivity contribution in [2.24, 2.45) is 57.2 Å². The van der Waals surface area contributed by atoms with Crippen molar-refractivity contribution in [3.63, 3.8) is 0 Å². The summed E-state index contributed by atoms with van der Waals surface area (Å²) in [5.74, 6) is 5.57. The Labute approximate surface area is 181 Å². The predicted octanol–water partition coefficient (Wildman–Crippen LogP) is 8.66. The molecule has 164 valence electrons. The maximum Gasteiger partial charge on any atom is -0.0172 e. The summed E-state index contributed by atoms with van der Waals surface area (Å²) in [4.78, 5) is 0. The third kappa shape index (κ3) is 2.50. The SMILES string of the molecule is C=C(C)C1CCC2(C)CCC3(C)C(CCC4C5(C)CCCC(C)C5CCC43C)C12. The molecule has 29 heavy (non-hydrogen) atoms. The van der Waals surface area contributed by atoms with Crippen molar-refractivity contribution in [3.05, 3.63) is 12.2 Å². The van der Waals surface area contributed by atoms with Crippen LogP contribution in [0, 0.1) is 57.2 Å². The lowest BCUT2D eigenvalue weighted by molar-refractivity contribution is -0.226. The quantitative estimate of drug-likeness (QED) is 0.389. The Morgan fingerprint density at radius 1 is 0.759 bits per heavy atom. The fourth-order valence-corrected chi connectivity index (χ4v) is 11.2. The largest absolute Gasteiger partial charge is 0.0998 e. The monoisotopic (exact) mass is 396 g/mol. The molecule has 5 saturated carbocycles. The molecule has 5 fully saturated rings. The minimum Gasteiger partial charge on any atom is -0.0998 e. The first kappa shape index (κ1) is 20.6. The zero-order valence-electron chi connectivity index (χ0n) is 20.4. The lowest BCUT2D eigenvalue weighted by atomic mass is 9.33. The van der Waals surface area contributed by atoms with Gasteiger partial charge in [0, 0.05) is 0 Å². The number of hydrogen-bond acceptors (Lipinski definition) is 0. The fraction of sp³-hybridized carbons (Fsp3) is 0.931. The predicted molar refractivity (Wildman–Crippen MR) is 125 cm³/mol. The van der Waals surface area contributed by atoms with Crippen LogP contribution in [0.4, 0.5) is 0 Å². The maximum atomic E-state index is 4.49. The second-order valence-corrected chi connectivity index (χ2v) is 13.8. The van der Waals surface area contributed by atoms with E-state index in [0.717, 1.165) is 35.5 Å². The van der Waals surface area contributed by atoms with Gasteiger partial charge in [0.15, 0.2) is 0 Å². The first-order valence-electron chi connectivity index (χ1n) is 13.2. The molecule has 0 heterocycles. The Hall–Kier alpha value is -0.260. The lowest BCUT2D eigenvalue weighted by Crippen LogP contribution is -2.64. The van der Waals surface area contributed by atoms with E-state index in [4.69, 9.17) is 0 Å². The lowest BCUT2D eigenvalue weighted by Gasteiger charge is -2.71. The van der Waals surface area contributed by atoms with Crippen molar-refractivity contribution in [2.75, 3.05) is 0 Å². The zero-order chi connectivity index (χ0) is 20.8. The average molecular weight is 397 g/mol. The molecular formula is C29H48. The van der Waals surface area contributed by atoms with Crippen molar-refractivity contribution < 1.29 is 0 Å². The van der Waals surface area contributed by atoms with Crippen molar-refractivity contribution in [1.82, 2.24) is 0 Å². The molecule has 0 aromatic carbocycles. The van der Waals surface area contributed by atoms with Crippen molar-refractivity contribution >= 4 is 0 Å². The summed E-state index contributed by atoms with van der Waals surface area (Å²) < 4.78 is 0. The molecule has 5 aliphatic rings. The molecule has 0 spiro atoms. The molecule has 0 bridgehead atoms. The second kappa shape index (κ2) is 6.38. The summed E-state index contributed by atoms with van der Waals surface area (Å²) >= 11 is 0. The van der Waals surface area contributed by atoms with Crippen LogP contribution in [0.2, 0.25) is 0 Å². The van der Waals surface area contributed by atoms with Gasteiger partial charge in [0.05, 0.1) is 0 Å². The Morgan fingerprint density at radius 2 is 1.52 bits per heavy atom. The van der Waals surface area contributed by atoms with Crippen LogP contribution in [0.3, 0.4) is 0 Å². The van der Waals surface area contributed by atoms with E-state index in [1.165, 1.54) is 76.2 Å². The van der Waals surface area contributed by atoms with Gasteiger partial charge in [-0.1, -0.05) is 59.6 Å².